The molecule has 0 radical (unpaired) electrons. The summed E-state index contributed by atoms with van der Waals surface area (Å²) in [5.74, 6) is -0.0808. The van der Waals surface area contributed by atoms with Gasteiger partial charge in [0.15, 0.2) is 0 Å². The van der Waals surface area contributed by atoms with Crippen molar-refractivity contribution < 1.29 is 8.42 Å². The molecule has 1 atom stereocenters. The van der Waals surface area contributed by atoms with Crippen LogP contribution in [0.2, 0.25) is 5.15 Å². The first-order valence-electron chi connectivity index (χ1n) is 6.13. The molecule has 0 spiro atoms. The van der Waals surface area contributed by atoms with Gasteiger partial charge in [0, 0.05) is 6.20 Å². The number of nitrogens with one attached hydrogen (secondary N) is 1. The van der Waals surface area contributed by atoms with Crippen LogP contribution in [0.25, 0.3) is 0 Å². The van der Waals surface area contributed by atoms with Gasteiger partial charge in [-0.05, 0) is 23.6 Å². The Labute approximate surface area is 123 Å². The van der Waals surface area contributed by atoms with E-state index in [1.807, 2.05) is 37.3 Å². The number of hydrogen-bond donors (Lipinski definition) is 1. The topological polar surface area (TPSA) is 59.1 Å². The van der Waals surface area contributed by atoms with Crippen molar-refractivity contribution in [2.24, 2.45) is 0 Å². The Kier molecular flexibility index (Phi) is 4.62. The monoisotopic (exact) mass is 310 g/mol. The molecule has 2 aromatic rings. The maximum absolute atomic E-state index is 12.1. The summed E-state index contributed by atoms with van der Waals surface area (Å²) >= 11 is 5.73. The SMILES string of the molecule is CC(CS(=O)(=O)Nc1ccnc(Cl)c1)c1ccccc1. The minimum absolute atomic E-state index is 0.0109. The smallest absolute Gasteiger partial charge is 0.233 e. The van der Waals surface area contributed by atoms with Crippen molar-refractivity contribution in [3.05, 3.63) is 59.4 Å². The predicted molar refractivity (Wildman–Crippen MR) is 81.5 cm³/mol. The average molecular weight is 311 g/mol. The minimum Gasteiger partial charge on any atom is -0.283 e. The van der Waals surface area contributed by atoms with E-state index in [1.165, 1.54) is 12.3 Å². The summed E-state index contributed by atoms with van der Waals surface area (Å²) in [6, 6.07) is 12.6. The lowest BCUT2D eigenvalue weighted by Gasteiger charge is -2.13. The van der Waals surface area contributed by atoms with Crippen molar-refractivity contribution in [1.82, 2.24) is 4.98 Å². The number of nitrogens with zero attached hydrogens (tertiary/aromatic N) is 1. The summed E-state index contributed by atoms with van der Waals surface area (Å²) < 4.78 is 26.7. The molecule has 0 saturated carbocycles. The normalized spacial score (nSPS) is 12.9. The van der Waals surface area contributed by atoms with Crippen LogP contribution in [0, 0.1) is 0 Å². The number of halogens is 1. The molecular formula is C14H15ClN2O2S. The summed E-state index contributed by atoms with van der Waals surface area (Å²) in [4.78, 5) is 3.81. The number of hydrogen-bond acceptors (Lipinski definition) is 3. The average Bonchev–Trinajstić information content (AvgIpc) is 2.38. The van der Waals surface area contributed by atoms with Crippen LogP contribution in [0.5, 0.6) is 0 Å². The Hall–Kier alpha value is -1.59. The van der Waals surface area contributed by atoms with Crippen molar-refractivity contribution >= 4 is 27.3 Å². The van der Waals surface area contributed by atoms with Crippen molar-refractivity contribution in [1.29, 1.82) is 0 Å². The van der Waals surface area contributed by atoms with Gasteiger partial charge in [0.2, 0.25) is 10.0 Å². The Morgan fingerprint density at radius 3 is 2.60 bits per heavy atom. The second kappa shape index (κ2) is 6.24. The molecule has 4 nitrogen and oxygen atoms in total. The molecule has 1 aromatic heterocycles. The summed E-state index contributed by atoms with van der Waals surface area (Å²) in [7, 11) is -3.44. The molecule has 1 heterocycles. The Morgan fingerprint density at radius 1 is 1.25 bits per heavy atom. The maximum Gasteiger partial charge on any atom is 0.233 e. The van der Waals surface area contributed by atoms with E-state index in [4.69, 9.17) is 11.6 Å². The molecular weight excluding hydrogens is 296 g/mol. The van der Waals surface area contributed by atoms with E-state index >= 15 is 0 Å². The molecule has 1 N–H and O–H groups in total. The van der Waals surface area contributed by atoms with Gasteiger partial charge in [-0.2, -0.15) is 0 Å². The quantitative estimate of drug-likeness (QED) is 0.862. The van der Waals surface area contributed by atoms with Crippen LogP contribution in [0.1, 0.15) is 18.4 Å². The lowest BCUT2D eigenvalue weighted by atomic mass is 10.0. The third-order valence-corrected chi connectivity index (χ3v) is 4.53. The first-order valence-corrected chi connectivity index (χ1v) is 8.16. The fourth-order valence-electron chi connectivity index (χ4n) is 1.89. The highest BCUT2D eigenvalue weighted by molar-refractivity contribution is 7.92. The molecule has 1 aromatic carbocycles. The number of aromatic nitrogens is 1. The van der Waals surface area contributed by atoms with Crippen molar-refractivity contribution in [3.63, 3.8) is 0 Å². The highest BCUT2D eigenvalue weighted by Gasteiger charge is 2.17. The zero-order valence-corrected chi connectivity index (χ0v) is 12.5. The largest absolute Gasteiger partial charge is 0.283 e. The molecule has 20 heavy (non-hydrogen) atoms. The number of benzene rings is 1. The fourth-order valence-corrected chi connectivity index (χ4v) is 3.49. The van der Waals surface area contributed by atoms with Crippen LogP contribution >= 0.6 is 11.6 Å². The summed E-state index contributed by atoms with van der Waals surface area (Å²) in [6.45, 7) is 1.88. The maximum atomic E-state index is 12.1. The zero-order valence-electron chi connectivity index (χ0n) is 11.0. The fraction of sp³-hybridized carbons (Fsp3) is 0.214. The zero-order chi connectivity index (χ0) is 14.6. The van der Waals surface area contributed by atoms with Crippen molar-refractivity contribution in [2.75, 3.05) is 10.5 Å². The number of rotatable bonds is 5. The highest BCUT2D eigenvalue weighted by Crippen LogP contribution is 2.19. The van der Waals surface area contributed by atoms with E-state index in [0.717, 1.165) is 5.56 Å². The Bertz CT molecular complexity index is 675. The number of pyridine rings is 1. The van der Waals surface area contributed by atoms with Gasteiger partial charge in [0.25, 0.3) is 0 Å². The lowest BCUT2D eigenvalue weighted by Crippen LogP contribution is -2.20. The first-order chi connectivity index (χ1) is 9.46. The van der Waals surface area contributed by atoms with E-state index < -0.39 is 10.0 Å². The van der Waals surface area contributed by atoms with Gasteiger partial charge in [-0.15, -0.1) is 0 Å². The minimum atomic E-state index is -3.44. The standard InChI is InChI=1S/C14H15ClN2O2S/c1-11(12-5-3-2-4-6-12)10-20(18,19)17-13-7-8-16-14(15)9-13/h2-9,11H,10H2,1H3,(H,16,17). The van der Waals surface area contributed by atoms with Crippen LogP contribution in [0.15, 0.2) is 48.7 Å². The summed E-state index contributed by atoms with van der Waals surface area (Å²) in [6.07, 6.45) is 1.46. The van der Waals surface area contributed by atoms with E-state index in [2.05, 4.69) is 9.71 Å². The van der Waals surface area contributed by atoms with Crippen LogP contribution in [-0.4, -0.2) is 19.2 Å². The van der Waals surface area contributed by atoms with Gasteiger partial charge >= 0.3 is 0 Å². The summed E-state index contributed by atoms with van der Waals surface area (Å²) in [5.41, 5.74) is 1.41. The van der Waals surface area contributed by atoms with E-state index in [-0.39, 0.29) is 16.8 Å². The van der Waals surface area contributed by atoms with Crippen LogP contribution < -0.4 is 4.72 Å². The third kappa shape index (κ3) is 4.21. The number of sulfonamides is 1. The Balaban J connectivity index is 2.08. The molecule has 1 unspecified atom stereocenters. The van der Waals surface area contributed by atoms with Gasteiger partial charge in [-0.25, -0.2) is 13.4 Å². The second-order valence-electron chi connectivity index (χ2n) is 4.56. The van der Waals surface area contributed by atoms with Crippen molar-refractivity contribution in [2.45, 2.75) is 12.8 Å². The van der Waals surface area contributed by atoms with Crippen LogP contribution in [0.4, 0.5) is 5.69 Å². The molecule has 106 valence electrons. The third-order valence-electron chi connectivity index (χ3n) is 2.84. The Morgan fingerprint density at radius 2 is 1.95 bits per heavy atom. The number of anilines is 1. The van der Waals surface area contributed by atoms with Gasteiger partial charge in [0.05, 0.1) is 11.4 Å². The molecule has 2 rings (SSSR count). The first kappa shape index (κ1) is 14.8. The molecule has 0 bridgehead atoms. The van der Waals surface area contributed by atoms with E-state index in [0.29, 0.717) is 5.69 Å². The molecule has 6 heteroatoms. The molecule has 0 aliphatic rings. The van der Waals surface area contributed by atoms with Gasteiger partial charge in [-0.1, -0.05) is 48.9 Å². The predicted octanol–water partition coefficient (Wildman–Crippen LogP) is 3.28. The van der Waals surface area contributed by atoms with Gasteiger partial charge in [0.1, 0.15) is 5.15 Å². The van der Waals surface area contributed by atoms with E-state index in [9.17, 15) is 8.42 Å². The second-order valence-corrected chi connectivity index (χ2v) is 6.72. The summed E-state index contributed by atoms with van der Waals surface area (Å²) in [5, 5.41) is 0.251. The molecule has 0 saturated heterocycles. The molecule has 0 amide bonds. The lowest BCUT2D eigenvalue weighted by molar-refractivity contribution is 0.595. The molecule has 0 aliphatic heterocycles. The van der Waals surface area contributed by atoms with E-state index in [1.54, 1.807) is 6.07 Å². The van der Waals surface area contributed by atoms with Crippen LogP contribution in [0.3, 0.4) is 0 Å². The van der Waals surface area contributed by atoms with Gasteiger partial charge < -0.3 is 0 Å². The van der Waals surface area contributed by atoms with Crippen LogP contribution in [-0.2, 0) is 10.0 Å². The molecule has 0 fully saturated rings. The highest BCUT2D eigenvalue weighted by atomic mass is 35.5. The van der Waals surface area contributed by atoms with Crippen molar-refractivity contribution in [3.8, 4) is 0 Å². The van der Waals surface area contributed by atoms with Gasteiger partial charge in [-0.3, -0.25) is 4.72 Å². The molecule has 0 aliphatic carbocycles.